The highest BCUT2D eigenvalue weighted by Crippen LogP contribution is 2.54. The third-order valence-electron chi connectivity index (χ3n) is 7.30. The predicted octanol–water partition coefficient (Wildman–Crippen LogP) is 4.85. The van der Waals surface area contributed by atoms with E-state index in [0.717, 1.165) is 28.0 Å². The lowest BCUT2D eigenvalue weighted by molar-refractivity contribution is -0.122. The number of aliphatic hydroxyl groups is 2. The molecule has 5 nitrogen and oxygen atoms in total. The van der Waals surface area contributed by atoms with Crippen molar-refractivity contribution >= 4 is 17.4 Å². The Balaban J connectivity index is 1.49. The van der Waals surface area contributed by atoms with Crippen LogP contribution < -0.4 is 4.90 Å². The molecule has 1 fully saturated rings. The van der Waals surface area contributed by atoms with Gasteiger partial charge in [0.2, 0.25) is 5.91 Å². The van der Waals surface area contributed by atoms with Crippen molar-refractivity contribution in [3.05, 3.63) is 113 Å². The van der Waals surface area contributed by atoms with Crippen LogP contribution in [0.2, 0.25) is 0 Å². The SMILES string of the molecule is Cc1ccc(N(C)C(=O)C2(C3=CC(O)C(O)C=C3)CC2)cc1-c1ccccc1C(=O)c1ccccc1. The maximum absolute atomic E-state index is 13.7. The Morgan fingerprint density at radius 3 is 2.28 bits per heavy atom. The summed E-state index contributed by atoms with van der Waals surface area (Å²) >= 11 is 0. The van der Waals surface area contributed by atoms with E-state index in [9.17, 15) is 19.8 Å². The minimum absolute atomic E-state index is 0.0471. The average molecular weight is 480 g/mol. The minimum atomic E-state index is -1.01. The van der Waals surface area contributed by atoms with Crippen LogP contribution in [0.4, 0.5) is 5.69 Å². The van der Waals surface area contributed by atoms with E-state index >= 15 is 0 Å². The van der Waals surface area contributed by atoms with E-state index in [-0.39, 0.29) is 11.7 Å². The molecule has 3 aromatic rings. The van der Waals surface area contributed by atoms with Gasteiger partial charge in [-0.25, -0.2) is 0 Å². The lowest BCUT2D eigenvalue weighted by Gasteiger charge is -2.28. The van der Waals surface area contributed by atoms with Crippen molar-refractivity contribution in [2.45, 2.75) is 32.0 Å². The van der Waals surface area contributed by atoms with Crippen molar-refractivity contribution in [2.75, 3.05) is 11.9 Å². The number of allylic oxidation sites excluding steroid dienone is 1. The number of anilines is 1. The Bertz CT molecular complexity index is 1380. The topological polar surface area (TPSA) is 77.8 Å². The number of aryl methyl sites for hydroxylation is 1. The number of carbonyl (C=O) groups is 2. The highest BCUT2D eigenvalue weighted by Gasteiger charge is 2.54. The van der Waals surface area contributed by atoms with E-state index in [1.807, 2.05) is 79.7 Å². The Morgan fingerprint density at radius 2 is 1.58 bits per heavy atom. The van der Waals surface area contributed by atoms with Crippen LogP contribution >= 0.6 is 0 Å². The first-order chi connectivity index (χ1) is 17.3. The number of hydrogen-bond donors (Lipinski definition) is 2. The van der Waals surface area contributed by atoms with Crippen molar-refractivity contribution in [3.63, 3.8) is 0 Å². The second-order valence-corrected chi connectivity index (χ2v) is 9.65. The van der Waals surface area contributed by atoms with E-state index in [2.05, 4.69) is 0 Å². The first-order valence-electron chi connectivity index (χ1n) is 12.2. The van der Waals surface area contributed by atoms with Gasteiger partial charge in [0.05, 0.1) is 5.41 Å². The molecular formula is C31H29NO4. The van der Waals surface area contributed by atoms with E-state index in [4.69, 9.17) is 0 Å². The van der Waals surface area contributed by atoms with Crippen molar-refractivity contribution < 1.29 is 19.8 Å². The maximum atomic E-state index is 13.7. The summed E-state index contributed by atoms with van der Waals surface area (Å²) in [5.41, 5.74) is 4.76. The van der Waals surface area contributed by atoms with E-state index in [0.29, 0.717) is 24.0 Å². The lowest BCUT2D eigenvalue weighted by atomic mass is 9.88. The lowest BCUT2D eigenvalue weighted by Crippen LogP contribution is -2.36. The largest absolute Gasteiger partial charge is 0.386 e. The quantitative estimate of drug-likeness (QED) is 0.496. The molecule has 0 spiro atoms. The summed E-state index contributed by atoms with van der Waals surface area (Å²) in [6.45, 7) is 2.00. The monoisotopic (exact) mass is 479 g/mol. The van der Waals surface area contributed by atoms with Crippen LogP contribution in [0.1, 0.15) is 34.3 Å². The van der Waals surface area contributed by atoms with Crippen LogP contribution in [0.15, 0.2) is 96.6 Å². The third kappa shape index (κ3) is 4.21. The first-order valence-corrected chi connectivity index (χ1v) is 12.2. The predicted molar refractivity (Wildman–Crippen MR) is 141 cm³/mol. The zero-order valence-corrected chi connectivity index (χ0v) is 20.4. The van der Waals surface area contributed by atoms with Gasteiger partial charge in [0.25, 0.3) is 0 Å². The van der Waals surface area contributed by atoms with Gasteiger partial charge in [-0.15, -0.1) is 0 Å². The summed E-state index contributed by atoms with van der Waals surface area (Å²) in [6, 6.07) is 22.6. The molecule has 2 unspecified atom stereocenters. The molecule has 0 aliphatic heterocycles. The molecule has 1 amide bonds. The summed E-state index contributed by atoms with van der Waals surface area (Å²) in [6.07, 6.45) is 4.32. The Hall–Kier alpha value is -3.80. The van der Waals surface area contributed by atoms with E-state index in [1.165, 1.54) is 6.08 Å². The second kappa shape index (κ2) is 9.34. The summed E-state index contributed by atoms with van der Waals surface area (Å²) in [5.74, 6) is -0.0976. The smallest absolute Gasteiger partial charge is 0.237 e. The maximum Gasteiger partial charge on any atom is 0.237 e. The van der Waals surface area contributed by atoms with Gasteiger partial charge in [0, 0.05) is 23.9 Å². The van der Waals surface area contributed by atoms with Gasteiger partial charge in [0.15, 0.2) is 5.78 Å². The molecule has 36 heavy (non-hydrogen) atoms. The number of nitrogens with zero attached hydrogens (tertiary/aromatic N) is 1. The minimum Gasteiger partial charge on any atom is -0.386 e. The van der Waals surface area contributed by atoms with Crippen LogP contribution in [0.3, 0.4) is 0 Å². The van der Waals surface area contributed by atoms with Gasteiger partial charge in [-0.1, -0.05) is 72.8 Å². The Labute approximate surface area is 211 Å². The van der Waals surface area contributed by atoms with Gasteiger partial charge in [0.1, 0.15) is 12.2 Å². The second-order valence-electron chi connectivity index (χ2n) is 9.65. The molecule has 2 atom stereocenters. The van der Waals surface area contributed by atoms with Crippen LogP contribution in [-0.4, -0.2) is 41.2 Å². The standard InChI is InChI=1S/C31H29NO4/c1-20-12-14-23(32(2)30(36)31(16-17-31)22-13-15-27(33)28(34)18-22)19-26(20)24-10-6-7-11-25(24)29(35)21-8-4-3-5-9-21/h3-15,18-19,27-28,33-34H,16-17H2,1-2H3. The number of ketones is 1. The van der Waals surface area contributed by atoms with E-state index in [1.54, 1.807) is 24.1 Å². The van der Waals surface area contributed by atoms with E-state index < -0.39 is 17.6 Å². The molecule has 5 rings (SSSR count). The number of benzene rings is 3. The van der Waals surface area contributed by atoms with Crippen LogP contribution in [0.25, 0.3) is 11.1 Å². The number of aliphatic hydroxyl groups excluding tert-OH is 2. The molecule has 0 saturated heterocycles. The zero-order valence-electron chi connectivity index (χ0n) is 20.4. The van der Waals surface area contributed by atoms with Gasteiger partial charge in [-0.05, 0) is 60.2 Å². The fourth-order valence-corrected chi connectivity index (χ4v) is 4.93. The summed E-state index contributed by atoms with van der Waals surface area (Å²) in [7, 11) is 1.76. The summed E-state index contributed by atoms with van der Waals surface area (Å²) in [5, 5.41) is 19.9. The highest BCUT2D eigenvalue weighted by molar-refractivity contribution is 6.13. The van der Waals surface area contributed by atoms with Gasteiger partial charge in [-0.2, -0.15) is 0 Å². The van der Waals surface area contributed by atoms with Gasteiger partial charge >= 0.3 is 0 Å². The van der Waals surface area contributed by atoms with Crippen molar-refractivity contribution in [1.82, 2.24) is 0 Å². The molecule has 182 valence electrons. The molecule has 0 radical (unpaired) electrons. The Kier molecular flexibility index (Phi) is 6.20. The number of carbonyl (C=O) groups excluding carboxylic acids is 2. The molecule has 2 N–H and O–H groups in total. The fraction of sp³-hybridized carbons (Fsp3) is 0.226. The normalized spacial score (nSPS) is 19.9. The van der Waals surface area contributed by atoms with Crippen LogP contribution in [-0.2, 0) is 4.79 Å². The number of amides is 1. The molecule has 5 heteroatoms. The molecule has 1 saturated carbocycles. The van der Waals surface area contributed by atoms with Crippen molar-refractivity contribution in [2.24, 2.45) is 5.41 Å². The fourth-order valence-electron chi connectivity index (χ4n) is 4.93. The van der Waals surface area contributed by atoms with Gasteiger partial charge in [-0.3, -0.25) is 9.59 Å². The molecule has 3 aromatic carbocycles. The summed E-state index contributed by atoms with van der Waals surface area (Å²) < 4.78 is 0. The Morgan fingerprint density at radius 1 is 0.889 bits per heavy atom. The van der Waals surface area contributed by atoms with Gasteiger partial charge < -0.3 is 15.1 Å². The molecule has 2 aliphatic rings. The molecule has 2 aliphatic carbocycles. The van der Waals surface area contributed by atoms with Crippen molar-refractivity contribution in [3.8, 4) is 11.1 Å². The molecule has 0 aromatic heterocycles. The van der Waals surface area contributed by atoms with Crippen LogP contribution in [0, 0.1) is 12.3 Å². The molecular weight excluding hydrogens is 450 g/mol. The van der Waals surface area contributed by atoms with Crippen molar-refractivity contribution in [1.29, 1.82) is 0 Å². The number of rotatable bonds is 6. The molecule has 0 heterocycles. The van der Waals surface area contributed by atoms with Crippen LogP contribution in [0.5, 0.6) is 0 Å². The molecule has 0 bridgehead atoms. The highest BCUT2D eigenvalue weighted by atomic mass is 16.3. The zero-order chi connectivity index (χ0) is 25.4. The first kappa shape index (κ1) is 23.9. The number of hydrogen-bond acceptors (Lipinski definition) is 4. The third-order valence-corrected chi connectivity index (χ3v) is 7.30. The average Bonchev–Trinajstić information content (AvgIpc) is 3.72. The summed E-state index contributed by atoms with van der Waals surface area (Å²) in [4.78, 5) is 28.6.